The van der Waals surface area contributed by atoms with Crippen LogP contribution >= 0.6 is 11.6 Å². The van der Waals surface area contributed by atoms with Crippen LogP contribution < -0.4 is 10.1 Å². The summed E-state index contributed by atoms with van der Waals surface area (Å²) in [5.74, 6) is 0.0592. The normalized spacial score (nSPS) is 11.5. The molecule has 0 aromatic heterocycles. The molecule has 0 aliphatic rings. The van der Waals surface area contributed by atoms with Gasteiger partial charge in [-0.05, 0) is 49.2 Å². The summed E-state index contributed by atoms with van der Waals surface area (Å²) in [6, 6.07) is 14.0. The molecule has 138 valence electrons. The van der Waals surface area contributed by atoms with Crippen LogP contribution in [0.25, 0.3) is 0 Å². The van der Waals surface area contributed by atoms with Crippen LogP contribution in [-0.4, -0.2) is 36.4 Å². The lowest BCUT2D eigenvalue weighted by Crippen LogP contribution is -2.48. The van der Waals surface area contributed by atoms with E-state index in [1.807, 2.05) is 31.2 Å². The Morgan fingerprint density at radius 2 is 1.81 bits per heavy atom. The van der Waals surface area contributed by atoms with Crippen molar-refractivity contribution in [2.45, 2.75) is 26.4 Å². The van der Waals surface area contributed by atoms with Crippen molar-refractivity contribution in [1.82, 2.24) is 10.2 Å². The van der Waals surface area contributed by atoms with Crippen molar-refractivity contribution in [1.29, 1.82) is 0 Å². The Bertz CT molecular complexity index is 762. The number of carbonyl (C=O) groups is 2. The molecule has 2 aromatic carbocycles. The van der Waals surface area contributed by atoms with Crippen LogP contribution in [0.4, 0.5) is 0 Å². The van der Waals surface area contributed by atoms with Crippen LogP contribution in [0.5, 0.6) is 5.75 Å². The highest BCUT2D eigenvalue weighted by molar-refractivity contribution is 6.30. The summed E-state index contributed by atoms with van der Waals surface area (Å²) in [5.41, 5.74) is 2.05. The SMILES string of the molecule is CNC(=O)[C@@H](C)N(Cc1ccccc1C)C(=O)COc1ccc(Cl)cc1. The summed E-state index contributed by atoms with van der Waals surface area (Å²) >= 11 is 5.85. The smallest absolute Gasteiger partial charge is 0.261 e. The average Bonchev–Trinajstić information content (AvgIpc) is 2.65. The zero-order valence-electron chi connectivity index (χ0n) is 15.2. The molecule has 1 atom stereocenters. The summed E-state index contributed by atoms with van der Waals surface area (Å²) in [5, 5.41) is 3.19. The van der Waals surface area contributed by atoms with Crippen molar-refractivity contribution in [3.8, 4) is 5.75 Å². The van der Waals surface area contributed by atoms with Crippen LogP contribution in [0.2, 0.25) is 5.02 Å². The Kier molecular flexibility index (Phi) is 7.04. The van der Waals surface area contributed by atoms with Crippen molar-refractivity contribution in [3.63, 3.8) is 0 Å². The fourth-order valence-electron chi connectivity index (χ4n) is 2.52. The third-order valence-corrected chi connectivity index (χ3v) is 4.44. The first-order valence-electron chi connectivity index (χ1n) is 8.36. The zero-order chi connectivity index (χ0) is 19.1. The monoisotopic (exact) mass is 374 g/mol. The second-order valence-electron chi connectivity index (χ2n) is 5.98. The van der Waals surface area contributed by atoms with E-state index in [1.165, 1.54) is 4.90 Å². The summed E-state index contributed by atoms with van der Waals surface area (Å²) in [4.78, 5) is 26.4. The van der Waals surface area contributed by atoms with Gasteiger partial charge in [-0.15, -0.1) is 0 Å². The second kappa shape index (κ2) is 9.25. The fraction of sp³-hybridized carbons (Fsp3) is 0.300. The highest BCUT2D eigenvalue weighted by atomic mass is 35.5. The van der Waals surface area contributed by atoms with E-state index in [4.69, 9.17) is 16.3 Å². The number of amides is 2. The van der Waals surface area contributed by atoms with E-state index in [9.17, 15) is 9.59 Å². The maximum absolute atomic E-state index is 12.8. The van der Waals surface area contributed by atoms with E-state index in [1.54, 1.807) is 38.2 Å². The molecule has 0 saturated carbocycles. The van der Waals surface area contributed by atoms with Crippen molar-refractivity contribution in [2.75, 3.05) is 13.7 Å². The minimum atomic E-state index is -0.610. The van der Waals surface area contributed by atoms with Gasteiger partial charge in [0.1, 0.15) is 11.8 Å². The molecule has 0 aliphatic carbocycles. The van der Waals surface area contributed by atoms with E-state index >= 15 is 0 Å². The molecule has 0 radical (unpaired) electrons. The van der Waals surface area contributed by atoms with Gasteiger partial charge in [-0.2, -0.15) is 0 Å². The lowest BCUT2D eigenvalue weighted by Gasteiger charge is -2.28. The molecular weight excluding hydrogens is 352 g/mol. The van der Waals surface area contributed by atoms with Crippen LogP contribution in [-0.2, 0) is 16.1 Å². The van der Waals surface area contributed by atoms with E-state index in [0.29, 0.717) is 17.3 Å². The number of ether oxygens (including phenoxy) is 1. The van der Waals surface area contributed by atoms with Gasteiger partial charge in [-0.3, -0.25) is 9.59 Å². The predicted molar refractivity (Wildman–Crippen MR) is 102 cm³/mol. The number of aryl methyl sites for hydroxylation is 1. The number of rotatable bonds is 7. The van der Waals surface area contributed by atoms with Gasteiger partial charge in [-0.25, -0.2) is 0 Å². The molecule has 0 unspecified atom stereocenters. The van der Waals surface area contributed by atoms with E-state index in [-0.39, 0.29) is 18.4 Å². The molecule has 0 saturated heterocycles. The van der Waals surface area contributed by atoms with Gasteiger partial charge in [0.2, 0.25) is 5.91 Å². The molecule has 1 N–H and O–H groups in total. The molecule has 2 amide bonds. The number of nitrogens with zero attached hydrogens (tertiary/aromatic N) is 1. The number of benzene rings is 2. The van der Waals surface area contributed by atoms with Gasteiger partial charge in [-0.1, -0.05) is 35.9 Å². The Morgan fingerprint density at radius 3 is 2.42 bits per heavy atom. The standard InChI is InChI=1S/C20H23ClN2O3/c1-14-6-4-5-7-16(14)12-23(15(2)20(25)22-3)19(24)13-26-18-10-8-17(21)9-11-18/h4-11,15H,12-13H2,1-3H3,(H,22,25)/t15-/m1/s1. The Hall–Kier alpha value is -2.53. The molecule has 0 aliphatic heterocycles. The van der Waals surface area contributed by atoms with Crippen molar-refractivity contribution >= 4 is 23.4 Å². The lowest BCUT2D eigenvalue weighted by molar-refractivity contribution is -0.142. The Balaban J connectivity index is 2.13. The molecule has 0 bridgehead atoms. The molecule has 6 heteroatoms. The largest absolute Gasteiger partial charge is 0.484 e. The molecule has 2 aromatic rings. The number of nitrogens with one attached hydrogen (secondary N) is 1. The van der Waals surface area contributed by atoms with Crippen LogP contribution in [0.15, 0.2) is 48.5 Å². The first-order valence-corrected chi connectivity index (χ1v) is 8.74. The fourth-order valence-corrected chi connectivity index (χ4v) is 2.65. The number of likely N-dealkylation sites (N-methyl/N-ethyl adjacent to an activating group) is 1. The number of carbonyl (C=O) groups excluding carboxylic acids is 2. The minimum absolute atomic E-state index is 0.158. The van der Waals surface area contributed by atoms with Crippen molar-refractivity contribution in [2.24, 2.45) is 0 Å². The first-order chi connectivity index (χ1) is 12.4. The van der Waals surface area contributed by atoms with Gasteiger partial charge in [0.25, 0.3) is 5.91 Å². The third kappa shape index (κ3) is 5.23. The quantitative estimate of drug-likeness (QED) is 0.809. The average molecular weight is 375 g/mol. The van der Waals surface area contributed by atoms with E-state index in [2.05, 4.69) is 5.32 Å². The number of hydrogen-bond donors (Lipinski definition) is 1. The molecule has 0 heterocycles. The number of hydrogen-bond acceptors (Lipinski definition) is 3. The van der Waals surface area contributed by atoms with Gasteiger partial charge >= 0.3 is 0 Å². The molecule has 2 rings (SSSR count). The summed E-state index contributed by atoms with van der Waals surface area (Å²) in [7, 11) is 1.56. The van der Waals surface area contributed by atoms with E-state index < -0.39 is 6.04 Å². The summed E-state index contributed by atoms with van der Waals surface area (Å²) in [6.07, 6.45) is 0. The molecular formula is C20H23ClN2O3. The maximum Gasteiger partial charge on any atom is 0.261 e. The van der Waals surface area contributed by atoms with Crippen LogP contribution in [0.1, 0.15) is 18.1 Å². The Morgan fingerprint density at radius 1 is 1.15 bits per heavy atom. The lowest BCUT2D eigenvalue weighted by atomic mass is 10.1. The predicted octanol–water partition coefficient (Wildman–Crippen LogP) is 3.19. The highest BCUT2D eigenvalue weighted by Gasteiger charge is 2.26. The molecule has 0 spiro atoms. The summed E-state index contributed by atoms with van der Waals surface area (Å²) in [6.45, 7) is 3.86. The van der Waals surface area contributed by atoms with Gasteiger partial charge in [0.05, 0.1) is 0 Å². The minimum Gasteiger partial charge on any atom is -0.484 e. The van der Waals surface area contributed by atoms with Gasteiger partial charge < -0.3 is 15.0 Å². The Labute approximate surface area is 158 Å². The topological polar surface area (TPSA) is 58.6 Å². The van der Waals surface area contributed by atoms with Crippen LogP contribution in [0.3, 0.4) is 0 Å². The number of halogens is 1. The molecule has 5 nitrogen and oxygen atoms in total. The maximum atomic E-state index is 12.8. The van der Waals surface area contributed by atoms with Crippen molar-refractivity contribution < 1.29 is 14.3 Å². The summed E-state index contributed by atoms with van der Waals surface area (Å²) < 4.78 is 5.55. The molecule has 0 fully saturated rings. The second-order valence-corrected chi connectivity index (χ2v) is 6.42. The van der Waals surface area contributed by atoms with E-state index in [0.717, 1.165) is 11.1 Å². The third-order valence-electron chi connectivity index (χ3n) is 4.19. The zero-order valence-corrected chi connectivity index (χ0v) is 15.9. The van der Waals surface area contributed by atoms with Crippen LogP contribution in [0, 0.1) is 6.92 Å². The van der Waals surface area contributed by atoms with Gasteiger partial charge in [0.15, 0.2) is 6.61 Å². The highest BCUT2D eigenvalue weighted by Crippen LogP contribution is 2.17. The first kappa shape index (κ1) is 19.8. The molecule has 26 heavy (non-hydrogen) atoms. The van der Waals surface area contributed by atoms with Crippen molar-refractivity contribution in [3.05, 3.63) is 64.7 Å². The van der Waals surface area contributed by atoms with Gasteiger partial charge in [0, 0.05) is 18.6 Å².